The van der Waals surface area contributed by atoms with Gasteiger partial charge in [0.15, 0.2) is 5.82 Å². The zero-order valence-corrected chi connectivity index (χ0v) is 9.68. The average molecular weight is 237 g/mol. The van der Waals surface area contributed by atoms with Crippen LogP contribution in [-0.2, 0) is 0 Å². The molecule has 0 aliphatic heterocycles. The highest BCUT2D eigenvalue weighted by Crippen LogP contribution is 2.19. The molecule has 2 aromatic heterocycles. The SMILES string of the molecule is Cc1nc(C(=O)Nc2n[nH]c(C)c2N)cs1. The molecule has 0 atom stereocenters. The fraction of sp³-hybridized carbons (Fsp3) is 0.222. The number of H-pyrrole nitrogens is 1. The molecule has 0 saturated carbocycles. The number of thiazole rings is 1. The van der Waals surface area contributed by atoms with Crippen LogP contribution in [-0.4, -0.2) is 21.1 Å². The molecule has 0 aliphatic rings. The number of aromatic nitrogens is 3. The van der Waals surface area contributed by atoms with Gasteiger partial charge in [-0.1, -0.05) is 0 Å². The number of carbonyl (C=O) groups excluding carboxylic acids is 1. The Morgan fingerprint density at radius 3 is 2.81 bits per heavy atom. The molecule has 0 aliphatic carbocycles. The van der Waals surface area contributed by atoms with Gasteiger partial charge < -0.3 is 11.1 Å². The number of hydrogen-bond donors (Lipinski definition) is 3. The van der Waals surface area contributed by atoms with Crippen LogP contribution >= 0.6 is 11.3 Å². The fourth-order valence-corrected chi connectivity index (χ4v) is 1.77. The number of aryl methyl sites for hydroxylation is 2. The van der Waals surface area contributed by atoms with E-state index in [2.05, 4.69) is 20.5 Å². The van der Waals surface area contributed by atoms with Crippen molar-refractivity contribution in [2.24, 2.45) is 0 Å². The molecular formula is C9H11N5OS. The maximum absolute atomic E-state index is 11.7. The molecule has 2 heterocycles. The van der Waals surface area contributed by atoms with Crippen LogP contribution in [0.25, 0.3) is 0 Å². The predicted molar refractivity (Wildman–Crippen MR) is 62.5 cm³/mol. The van der Waals surface area contributed by atoms with Gasteiger partial charge in [-0.05, 0) is 13.8 Å². The summed E-state index contributed by atoms with van der Waals surface area (Å²) in [6, 6.07) is 0. The number of nitrogen functional groups attached to an aromatic ring is 1. The van der Waals surface area contributed by atoms with Gasteiger partial charge in [0.25, 0.3) is 5.91 Å². The largest absolute Gasteiger partial charge is 0.394 e. The van der Waals surface area contributed by atoms with Crippen LogP contribution in [0.5, 0.6) is 0 Å². The molecule has 16 heavy (non-hydrogen) atoms. The minimum atomic E-state index is -0.303. The zero-order chi connectivity index (χ0) is 11.7. The molecule has 0 fully saturated rings. The summed E-state index contributed by atoms with van der Waals surface area (Å²) in [5, 5.41) is 11.7. The Hall–Kier alpha value is -1.89. The van der Waals surface area contributed by atoms with Crippen molar-refractivity contribution in [1.29, 1.82) is 0 Å². The predicted octanol–water partition coefficient (Wildman–Crippen LogP) is 1.32. The second-order valence-electron chi connectivity index (χ2n) is 3.32. The topological polar surface area (TPSA) is 96.7 Å². The Morgan fingerprint density at radius 2 is 2.31 bits per heavy atom. The smallest absolute Gasteiger partial charge is 0.276 e. The maximum Gasteiger partial charge on any atom is 0.276 e. The van der Waals surface area contributed by atoms with Crippen molar-refractivity contribution in [3.63, 3.8) is 0 Å². The molecule has 0 radical (unpaired) electrons. The zero-order valence-electron chi connectivity index (χ0n) is 8.87. The van der Waals surface area contributed by atoms with Crippen molar-refractivity contribution in [3.8, 4) is 0 Å². The molecule has 0 spiro atoms. The Balaban J connectivity index is 2.17. The molecule has 0 saturated heterocycles. The first-order valence-corrected chi connectivity index (χ1v) is 5.50. The Bertz CT molecular complexity index is 530. The molecule has 84 valence electrons. The van der Waals surface area contributed by atoms with Gasteiger partial charge >= 0.3 is 0 Å². The van der Waals surface area contributed by atoms with Crippen molar-refractivity contribution >= 4 is 28.7 Å². The lowest BCUT2D eigenvalue weighted by atomic mass is 10.4. The third kappa shape index (κ3) is 1.89. The van der Waals surface area contributed by atoms with Gasteiger partial charge in [0.05, 0.1) is 16.4 Å². The Kier molecular flexibility index (Phi) is 2.61. The van der Waals surface area contributed by atoms with E-state index in [1.54, 1.807) is 12.3 Å². The number of carbonyl (C=O) groups is 1. The minimum absolute atomic E-state index is 0.303. The lowest BCUT2D eigenvalue weighted by Crippen LogP contribution is -2.13. The highest BCUT2D eigenvalue weighted by Gasteiger charge is 2.13. The van der Waals surface area contributed by atoms with Crippen molar-refractivity contribution in [2.45, 2.75) is 13.8 Å². The first kappa shape index (κ1) is 10.6. The van der Waals surface area contributed by atoms with Gasteiger partial charge in [-0.15, -0.1) is 11.3 Å². The normalized spacial score (nSPS) is 10.4. The van der Waals surface area contributed by atoms with Crippen molar-refractivity contribution in [2.75, 3.05) is 11.1 Å². The number of aromatic amines is 1. The Morgan fingerprint density at radius 1 is 1.56 bits per heavy atom. The van der Waals surface area contributed by atoms with E-state index in [0.717, 1.165) is 10.7 Å². The third-order valence-corrected chi connectivity index (χ3v) is 2.85. The summed E-state index contributed by atoms with van der Waals surface area (Å²) in [6.07, 6.45) is 0. The van der Waals surface area contributed by atoms with Gasteiger partial charge in [-0.3, -0.25) is 9.89 Å². The molecule has 2 aromatic rings. The number of anilines is 2. The molecule has 7 heteroatoms. The van der Waals surface area contributed by atoms with Crippen LogP contribution < -0.4 is 11.1 Å². The summed E-state index contributed by atoms with van der Waals surface area (Å²) in [5.41, 5.74) is 7.26. The molecule has 6 nitrogen and oxygen atoms in total. The standard InChI is InChI=1S/C9H11N5OS/c1-4-7(10)8(14-13-4)12-9(15)6-3-16-5(2)11-6/h3H,10H2,1-2H3,(H2,12,13,14,15). The van der Waals surface area contributed by atoms with E-state index in [0.29, 0.717) is 17.2 Å². The van der Waals surface area contributed by atoms with Crippen LogP contribution in [0.1, 0.15) is 21.2 Å². The lowest BCUT2D eigenvalue weighted by molar-refractivity contribution is 0.102. The Labute approximate surface area is 95.9 Å². The van der Waals surface area contributed by atoms with E-state index in [-0.39, 0.29) is 5.91 Å². The highest BCUT2D eigenvalue weighted by atomic mass is 32.1. The number of nitrogens with one attached hydrogen (secondary N) is 2. The highest BCUT2D eigenvalue weighted by molar-refractivity contribution is 7.09. The van der Waals surface area contributed by atoms with Crippen LogP contribution in [0.15, 0.2) is 5.38 Å². The number of nitrogens with two attached hydrogens (primary N) is 1. The van der Waals surface area contributed by atoms with E-state index in [4.69, 9.17) is 5.73 Å². The molecule has 0 bridgehead atoms. The van der Waals surface area contributed by atoms with Crippen LogP contribution in [0.4, 0.5) is 11.5 Å². The molecule has 4 N–H and O–H groups in total. The number of amides is 1. The van der Waals surface area contributed by atoms with Gasteiger partial charge in [0.1, 0.15) is 5.69 Å². The second-order valence-corrected chi connectivity index (χ2v) is 4.38. The van der Waals surface area contributed by atoms with Crippen molar-refractivity contribution in [3.05, 3.63) is 21.8 Å². The first-order valence-electron chi connectivity index (χ1n) is 4.62. The summed E-state index contributed by atoms with van der Waals surface area (Å²) >= 11 is 1.42. The summed E-state index contributed by atoms with van der Waals surface area (Å²) in [7, 11) is 0. The van der Waals surface area contributed by atoms with E-state index < -0.39 is 0 Å². The molecule has 2 rings (SSSR count). The van der Waals surface area contributed by atoms with E-state index in [1.807, 2.05) is 6.92 Å². The van der Waals surface area contributed by atoms with Gasteiger partial charge in [0, 0.05) is 5.38 Å². The average Bonchev–Trinajstić information content (AvgIpc) is 2.79. The van der Waals surface area contributed by atoms with E-state index in [9.17, 15) is 4.79 Å². The molecule has 0 unspecified atom stereocenters. The lowest BCUT2D eigenvalue weighted by Gasteiger charge is -1.99. The van der Waals surface area contributed by atoms with Gasteiger partial charge in [0.2, 0.25) is 0 Å². The van der Waals surface area contributed by atoms with Crippen molar-refractivity contribution in [1.82, 2.24) is 15.2 Å². The summed E-state index contributed by atoms with van der Waals surface area (Å²) in [6.45, 7) is 3.62. The minimum Gasteiger partial charge on any atom is -0.394 e. The first-order chi connectivity index (χ1) is 7.58. The summed E-state index contributed by atoms with van der Waals surface area (Å²) in [4.78, 5) is 15.8. The molecule has 0 aromatic carbocycles. The van der Waals surface area contributed by atoms with Crippen LogP contribution in [0.3, 0.4) is 0 Å². The van der Waals surface area contributed by atoms with E-state index >= 15 is 0 Å². The maximum atomic E-state index is 11.7. The number of rotatable bonds is 2. The van der Waals surface area contributed by atoms with Gasteiger partial charge in [-0.25, -0.2) is 4.98 Å². The van der Waals surface area contributed by atoms with Crippen LogP contribution in [0.2, 0.25) is 0 Å². The number of hydrogen-bond acceptors (Lipinski definition) is 5. The third-order valence-electron chi connectivity index (χ3n) is 2.08. The van der Waals surface area contributed by atoms with Crippen LogP contribution in [0, 0.1) is 13.8 Å². The number of nitrogens with zero attached hydrogens (tertiary/aromatic N) is 2. The quantitative estimate of drug-likeness (QED) is 0.733. The monoisotopic (exact) mass is 237 g/mol. The molecule has 1 amide bonds. The van der Waals surface area contributed by atoms with E-state index in [1.165, 1.54) is 11.3 Å². The molecular weight excluding hydrogens is 226 g/mol. The van der Waals surface area contributed by atoms with Gasteiger partial charge in [-0.2, -0.15) is 5.10 Å². The second kappa shape index (κ2) is 3.93. The summed E-state index contributed by atoms with van der Waals surface area (Å²) < 4.78 is 0. The fourth-order valence-electron chi connectivity index (χ4n) is 1.17. The van der Waals surface area contributed by atoms with Crippen molar-refractivity contribution < 1.29 is 4.79 Å². The summed E-state index contributed by atoms with van der Waals surface area (Å²) in [5.74, 6) is 0.0377.